The molecule has 6 nitrogen and oxygen atoms in total. The molecule has 0 unspecified atom stereocenters. The highest BCUT2D eigenvalue weighted by Crippen LogP contribution is 2.13. The first kappa shape index (κ1) is 37.6. The Morgan fingerprint density at radius 3 is 1.85 bits per heavy atom. The van der Waals surface area contributed by atoms with E-state index in [-0.39, 0.29) is 36.2 Å². The summed E-state index contributed by atoms with van der Waals surface area (Å²) in [7, 11) is 0. The molecule has 1 amide bonds. The van der Waals surface area contributed by atoms with Crippen molar-refractivity contribution in [3.63, 3.8) is 0 Å². The van der Waals surface area contributed by atoms with E-state index in [1.807, 2.05) is 11.6 Å². The first-order valence-corrected chi connectivity index (χ1v) is 16.2. The van der Waals surface area contributed by atoms with Gasteiger partial charge in [-0.1, -0.05) is 121 Å². The van der Waals surface area contributed by atoms with E-state index in [0.29, 0.717) is 18.5 Å². The molecule has 0 saturated carbocycles. The van der Waals surface area contributed by atoms with Crippen molar-refractivity contribution < 1.29 is 40.6 Å². The SMILES string of the molecule is C=C(COC(=O)CCCC[n+]1ccsc1)COC(=O)NCCCCCCCCCCCCCCCCCC.[Br-]. The Hall–Kier alpha value is -1.41. The van der Waals surface area contributed by atoms with Crippen molar-refractivity contribution in [1.29, 1.82) is 0 Å². The van der Waals surface area contributed by atoms with E-state index in [2.05, 4.69) is 28.9 Å². The lowest BCUT2D eigenvalue weighted by molar-refractivity contribution is -0.692. The summed E-state index contributed by atoms with van der Waals surface area (Å²) in [4.78, 5) is 23.7. The first-order chi connectivity index (χ1) is 18.6. The first-order valence-electron chi connectivity index (χ1n) is 15.3. The number of rotatable bonds is 26. The lowest BCUT2D eigenvalue weighted by atomic mass is 10.0. The normalized spacial score (nSPS) is 10.6. The molecule has 1 aromatic heterocycles. The number of carbonyl (C=O) groups is 2. The molecule has 1 N–H and O–H groups in total. The minimum atomic E-state index is -0.440. The van der Waals surface area contributed by atoms with Gasteiger partial charge in [-0.2, -0.15) is 4.57 Å². The van der Waals surface area contributed by atoms with Crippen molar-refractivity contribution in [3.05, 3.63) is 29.2 Å². The average molecular weight is 632 g/mol. The minimum Gasteiger partial charge on any atom is -1.00 e. The van der Waals surface area contributed by atoms with Crippen LogP contribution in [0.4, 0.5) is 4.79 Å². The van der Waals surface area contributed by atoms with Crippen molar-refractivity contribution >= 4 is 23.4 Å². The van der Waals surface area contributed by atoms with Crippen LogP contribution in [-0.2, 0) is 20.8 Å². The number of esters is 1. The van der Waals surface area contributed by atoms with Crippen molar-refractivity contribution in [2.75, 3.05) is 19.8 Å². The van der Waals surface area contributed by atoms with Gasteiger partial charge in [-0.15, -0.1) is 0 Å². The molecule has 0 radical (unpaired) electrons. The molecule has 1 aromatic rings. The molecular formula is C31H55BrN2O4S. The summed E-state index contributed by atoms with van der Waals surface area (Å²) < 4.78 is 12.5. The van der Waals surface area contributed by atoms with Gasteiger partial charge in [-0.3, -0.25) is 4.79 Å². The highest BCUT2D eigenvalue weighted by Gasteiger charge is 2.08. The van der Waals surface area contributed by atoms with Gasteiger partial charge in [0.25, 0.3) is 0 Å². The van der Waals surface area contributed by atoms with Gasteiger partial charge in [-0.25, -0.2) is 4.79 Å². The third kappa shape index (κ3) is 25.3. The van der Waals surface area contributed by atoms with Crippen LogP contribution in [0.25, 0.3) is 0 Å². The molecule has 0 spiro atoms. The quantitative estimate of drug-likeness (QED) is 0.0653. The van der Waals surface area contributed by atoms with Gasteiger partial charge in [0.2, 0.25) is 5.51 Å². The molecule has 0 aliphatic carbocycles. The zero-order valence-corrected chi connectivity index (χ0v) is 27.0. The summed E-state index contributed by atoms with van der Waals surface area (Å²) >= 11 is 1.66. The Morgan fingerprint density at radius 1 is 0.769 bits per heavy atom. The van der Waals surface area contributed by atoms with Crippen LogP contribution in [0.3, 0.4) is 0 Å². The van der Waals surface area contributed by atoms with Gasteiger partial charge in [0.05, 0.1) is 5.38 Å². The summed E-state index contributed by atoms with van der Waals surface area (Å²) in [5, 5.41) is 4.82. The van der Waals surface area contributed by atoms with E-state index >= 15 is 0 Å². The van der Waals surface area contributed by atoms with Crippen molar-refractivity contribution in [2.45, 2.75) is 135 Å². The molecule has 0 bridgehead atoms. The van der Waals surface area contributed by atoms with Crippen molar-refractivity contribution in [2.24, 2.45) is 0 Å². The monoisotopic (exact) mass is 630 g/mol. The highest BCUT2D eigenvalue weighted by molar-refractivity contribution is 7.07. The molecule has 1 rings (SSSR count). The molecule has 0 saturated heterocycles. The second-order valence-electron chi connectivity index (χ2n) is 10.4. The van der Waals surface area contributed by atoms with E-state index in [0.717, 1.165) is 32.2 Å². The van der Waals surface area contributed by atoms with Crippen molar-refractivity contribution in [1.82, 2.24) is 5.32 Å². The third-order valence-corrected chi connectivity index (χ3v) is 7.39. The fraction of sp³-hybridized carbons (Fsp3) is 0.774. The topological polar surface area (TPSA) is 68.5 Å². The summed E-state index contributed by atoms with van der Waals surface area (Å²) in [6, 6.07) is 0. The smallest absolute Gasteiger partial charge is 0.407 e. The van der Waals surface area contributed by atoms with Crippen LogP contribution in [0.15, 0.2) is 29.2 Å². The predicted molar refractivity (Wildman–Crippen MR) is 157 cm³/mol. The van der Waals surface area contributed by atoms with Gasteiger partial charge in [0, 0.05) is 19.4 Å². The maximum Gasteiger partial charge on any atom is 0.407 e. The van der Waals surface area contributed by atoms with E-state index in [1.54, 1.807) is 11.3 Å². The highest BCUT2D eigenvalue weighted by atomic mass is 79.9. The number of alkyl carbamates (subject to hydrolysis) is 1. The Kier molecular flexibility index (Phi) is 27.1. The lowest BCUT2D eigenvalue weighted by Crippen LogP contribution is -3.00. The minimum absolute atomic E-state index is 0. The summed E-state index contributed by atoms with van der Waals surface area (Å²) in [5.41, 5.74) is 2.63. The number of aryl methyl sites for hydroxylation is 1. The molecule has 0 aliphatic rings. The van der Waals surface area contributed by atoms with Gasteiger partial charge in [0.1, 0.15) is 19.8 Å². The van der Waals surface area contributed by atoms with Gasteiger partial charge in [-0.05, 0) is 18.4 Å². The Labute approximate surface area is 253 Å². The molecule has 39 heavy (non-hydrogen) atoms. The summed E-state index contributed by atoms with van der Waals surface area (Å²) in [6.45, 7) is 7.79. The molecular weight excluding hydrogens is 576 g/mol. The zero-order chi connectivity index (χ0) is 27.5. The molecule has 0 atom stereocenters. The van der Waals surface area contributed by atoms with Gasteiger partial charge >= 0.3 is 12.1 Å². The van der Waals surface area contributed by atoms with Crippen LogP contribution in [0.1, 0.15) is 129 Å². The number of unbranched alkanes of at least 4 members (excludes halogenated alkanes) is 16. The molecule has 226 valence electrons. The fourth-order valence-electron chi connectivity index (χ4n) is 4.33. The van der Waals surface area contributed by atoms with E-state index in [1.165, 1.54) is 89.9 Å². The second kappa shape index (κ2) is 28.1. The van der Waals surface area contributed by atoms with E-state index < -0.39 is 6.09 Å². The van der Waals surface area contributed by atoms with Gasteiger partial charge < -0.3 is 31.8 Å². The molecule has 0 fully saturated rings. The van der Waals surface area contributed by atoms with Crippen LogP contribution in [0.5, 0.6) is 0 Å². The second-order valence-corrected chi connectivity index (χ2v) is 11.2. The van der Waals surface area contributed by atoms with Crippen LogP contribution in [0.2, 0.25) is 0 Å². The number of carbonyl (C=O) groups excluding carboxylic acids is 2. The Bertz CT molecular complexity index is 715. The maximum absolute atomic E-state index is 11.8. The molecule has 8 heteroatoms. The Balaban J connectivity index is 0.0000144. The van der Waals surface area contributed by atoms with E-state index in [4.69, 9.17) is 9.47 Å². The molecule has 0 aromatic carbocycles. The lowest BCUT2D eigenvalue weighted by Gasteiger charge is -2.09. The van der Waals surface area contributed by atoms with Crippen LogP contribution >= 0.6 is 11.3 Å². The number of aromatic nitrogens is 1. The maximum atomic E-state index is 11.8. The number of halogens is 1. The third-order valence-electron chi connectivity index (χ3n) is 6.72. The number of amides is 1. The molecule has 0 aliphatic heterocycles. The largest absolute Gasteiger partial charge is 1.00 e. The van der Waals surface area contributed by atoms with E-state index in [9.17, 15) is 9.59 Å². The number of thiazole rings is 1. The number of hydrogen-bond acceptors (Lipinski definition) is 5. The summed E-state index contributed by atoms with van der Waals surface area (Å²) in [6.07, 6.45) is 25.0. The number of hydrogen-bond donors (Lipinski definition) is 1. The van der Waals surface area contributed by atoms with Crippen LogP contribution in [0, 0.1) is 0 Å². The number of nitrogens with zero attached hydrogens (tertiary/aromatic N) is 1. The predicted octanol–water partition coefficient (Wildman–Crippen LogP) is 5.30. The van der Waals surface area contributed by atoms with Crippen LogP contribution < -0.4 is 26.9 Å². The number of nitrogens with one attached hydrogen (secondary N) is 1. The zero-order valence-electron chi connectivity index (χ0n) is 24.6. The average Bonchev–Trinajstić information content (AvgIpc) is 3.44. The molecule has 1 heterocycles. The number of ether oxygens (including phenoxy) is 2. The van der Waals surface area contributed by atoms with Gasteiger partial charge in [0.15, 0.2) is 6.20 Å². The Morgan fingerprint density at radius 2 is 1.31 bits per heavy atom. The fourth-order valence-corrected chi connectivity index (χ4v) is 4.96. The van der Waals surface area contributed by atoms with Crippen molar-refractivity contribution in [3.8, 4) is 0 Å². The standard InChI is InChI=1S/C31H54N2O4S.BrH/c1-3-4-5-6-7-8-9-10-11-12-13-14-15-16-17-19-22-32-31(35)37-27-29(2)26-36-30(34)21-18-20-23-33-24-25-38-28-33;/h24-25,28H,2-23,26-27H2,1H3;1H. The summed E-state index contributed by atoms with van der Waals surface area (Å²) in [5.74, 6) is -0.241. The van der Waals surface area contributed by atoms with Crippen LogP contribution in [-0.4, -0.2) is 31.8 Å².